The second-order valence-corrected chi connectivity index (χ2v) is 7.51. The maximum absolute atomic E-state index is 6.16. The van der Waals surface area contributed by atoms with Crippen LogP contribution in [0.25, 0.3) is 11.1 Å². The number of aromatic nitrogens is 1. The number of hydrazine groups is 1. The summed E-state index contributed by atoms with van der Waals surface area (Å²) in [5.41, 5.74) is 8.71. The number of nitrogens with two attached hydrogens (primary N) is 2. The molecule has 5 N–H and O–H groups in total. The van der Waals surface area contributed by atoms with E-state index in [2.05, 4.69) is 41.7 Å². The predicted octanol–water partition coefficient (Wildman–Crippen LogP) is 2.74. The van der Waals surface area contributed by atoms with Crippen LogP contribution in [0.15, 0.2) is 35.4 Å². The van der Waals surface area contributed by atoms with E-state index in [1.54, 1.807) is 0 Å². The van der Waals surface area contributed by atoms with Crippen LogP contribution in [0.4, 0.5) is 0 Å². The second-order valence-electron chi connectivity index (χ2n) is 7.51. The first-order valence-electron chi connectivity index (χ1n) is 9.68. The summed E-state index contributed by atoms with van der Waals surface area (Å²) in [5, 5.41) is 3.96. The highest BCUT2D eigenvalue weighted by atomic mass is 16.5. The van der Waals surface area contributed by atoms with Gasteiger partial charge in [-0.3, -0.25) is 4.98 Å². The van der Waals surface area contributed by atoms with Gasteiger partial charge in [0.15, 0.2) is 5.84 Å². The van der Waals surface area contributed by atoms with Crippen molar-refractivity contribution >= 4 is 5.84 Å². The van der Waals surface area contributed by atoms with Crippen LogP contribution < -0.4 is 17.1 Å². The molecule has 0 saturated carbocycles. The highest BCUT2D eigenvalue weighted by Gasteiger charge is 2.39. The van der Waals surface area contributed by atoms with E-state index in [-0.39, 0.29) is 0 Å². The fourth-order valence-electron chi connectivity index (χ4n) is 4.42. The minimum absolute atomic E-state index is 0.446. The summed E-state index contributed by atoms with van der Waals surface area (Å²) in [6, 6.07) is 10.4. The van der Waals surface area contributed by atoms with Gasteiger partial charge in [0.05, 0.1) is 11.3 Å². The van der Waals surface area contributed by atoms with Crippen molar-refractivity contribution in [2.24, 2.45) is 16.8 Å². The van der Waals surface area contributed by atoms with Crippen LogP contribution in [0.2, 0.25) is 0 Å². The van der Waals surface area contributed by atoms with Crippen LogP contribution in [-0.2, 0) is 23.2 Å². The fourth-order valence-corrected chi connectivity index (χ4v) is 4.42. The van der Waals surface area contributed by atoms with Gasteiger partial charge >= 0.3 is 0 Å². The predicted molar refractivity (Wildman–Crippen MR) is 107 cm³/mol. The topological polar surface area (TPSA) is 98.5 Å². The second kappa shape index (κ2) is 7.29. The number of hydrogen-bond acceptors (Lipinski definition) is 5. The number of aryl methyl sites for hydroxylation is 1. The molecular formula is C21H27N5O. The molecule has 1 aliphatic carbocycles. The van der Waals surface area contributed by atoms with Crippen LogP contribution in [0.1, 0.15) is 55.1 Å². The van der Waals surface area contributed by atoms with Crippen LogP contribution in [0, 0.1) is 0 Å². The molecule has 6 heteroatoms. The van der Waals surface area contributed by atoms with E-state index in [0.29, 0.717) is 5.84 Å². The van der Waals surface area contributed by atoms with Crippen molar-refractivity contribution in [3.8, 4) is 11.1 Å². The number of hydrogen-bond donors (Lipinski definition) is 3. The molecule has 1 aromatic carbocycles. The Morgan fingerprint density at radius 3 is 2.63 bits per heavy atom. The Kier molecular flexibility index (Phi) is 4.85. The molecule has 1 saturated heterocycles. The zero-order valence-corrected chi connectivity index (χ0v) is 15.8. The number of hydrazone groups is 1. The lowest BCUT2D eigenvalue weighted by molar-refractivity contribution is 0.0129. The quantitative estimate of drug-likeness (QED) is 0.336. The van der Waals surface area contributed by atoms with Crippen molar-refractivity contribution in [3.63, 3.8) is 0 Å². The lowest BCUT2D eigenvalue weighted by Crippen LogP contribution is -2.37. The Bertz CT molecular complexity index is 857. The largest absolute Gasteiger partial charge is 0.369 e. The monoisotopic (exact) mass is 365 g/mol. The molecule has 2 aromatic rings. The van der Waals surface area contributed by atoms with E-state index >= 15 is 0 Å². The molecule has 27 heavy (non-hydrogen) atoms. The fraction of sp³-hybridized carbons (Fsp3) is 0.429. The first-order valence-corrected chi connectivity index (χ1v) is 9.68. The van der Waals surface area contributed by atoms with Gasteiger partial charge in [-0.05, 0) is 62.1 Å². The Balaban J connectivity index is 2.08. The van der Waals surface area contributed by atoms with Crippen molar-refractivity contribution in [2.45, 2.75) is 51.0 Å². The van der Waals surface area contributed by atoms with Crippen LogP contribution in [0.3, 0.4) is 0 Å². The number of rotatable bonds is 3. The molecule has 1 aliphatic heterocycles. The lowest BCUT2D eigenvalue weighted by atomic mass is 9.82. The number of fused-ring (bicyclic) bond motifs is 1. The van der Waals surface area contributed by atoms with E-state index in [4.69, 9.17) is 21.4 Å². The molecule has 1 unspecified atom stereocenters. The SMILES string of the molecule is CC1(c2nc3c(c(-c4ccccc4)c2/C(=N/N)NN)CCCC3)CCCO1. The highest BCUT2D eigenvalue weighted by molar-refractivity contribution is 6.06. The third-order valence-corrected chi connectivity index (χ3v) is 5.76. The third-order valence-electron chi connectivity index (χ3n) is 5.76. The summed E-state index contributed by atoms with van der Waals surface area (Å²) in [7, 11) is 0. The van der Waals surface area contributed by atoms with Crippen molar-refractivity contribution in [2.75, 3.05) is 6.61 Å². The zero-order valence-electron chi connectivity index (χ0n) is 15.8. The van der Waals surface area contributed by atoms with Crippen molar-refractivity contribution in [3.05, 3.63) is 52.8 Å². The molecule has 4 rings (SSSR count). The number of amidine groups is 1. The average Bonchev–Trinajstić information content (AvgIpc) is 3.16. The van der Waals surface area contributed by atoms with Gasteiger partial charge in [0.2, 0.25) is 0 Å². The number of ether oxygens (including phenoxy) is 1. The molecule has 0 bridgehead atoms. The summed E-state index contributed by atoms with van der Waals surface area (Å²) < 4.78 is 6.16. The van der Waals surface area contributed by atoms with Gasteiger partial charge in [0.25, 0.3) is 0 Å². The maximum atomic E-state index is 6.16. The van der Waals surface area contributed by atoms with E-state index < -0.39 is 5.60 Å². The molecule has 1 atom stereocenters. The molecule has 1 fully saturated rings. The molecule has 1 aromatic heterocycles. The Morgan fingerprint density at radius 1 is 1.19 bits per heavy atom. The molecule has 142 valence electrons. The molecule has 6 nitrogen and oxygen atoms in total. The maximum Gasteiger partial charge on any atom is 0.169 e. The van der Waals surface area contributed by atoms with Crippen molar-refractivity contribution < 1.29 is 4.74 Å². The van der Waals surface area contributed by atoms with Crippen LogP contribution in [0.5, 0.6) is 0 Å². The summed E-state index contributed by atoms with van der Waals surface area (Å²) >= 11 is 0. The Hall–Kier alpha value is -2.44. The van der Waals surface area contributed by atoms with Gasteiger partial charge in [-0.1, -0.05) is 30.3 Å². The molecule has 0 radical (unpaired) electrons. The standard InChI is InChI=1S/C21H27N5O/c1-21(12-7-13-27-21)19-18(20(25-22)26-23)17(14-8-3-2-4-9-14)15-10-5-6-11-16(15)24-19/h2-4,8-9H,5-7,10-13,22-23H2,1H3,(H,25,26). The summed E-state index contributed by atoms with van der Waals surface area (Å²) in [6.07, 6.45) is 6.25. The number of pyridine rings is 1. The third kappa shape index (κ3) is 3.09. The van der Waals surface area contributed by atoms with Gasteiger partial charge in [-0.25, -0.2) is 5.84 Å². The van der Waals surface area contributed by atoms with E-state index in [0.717, 1.165) is 67.5 Å². The van der Waals surface area contributed by atoms with Gasteiger partial charge in [0, 0.05) is 12.3 Å². The molecular weight excluding hydrogens is 338 g/mol. The Morgan fingerprint density at radius 2 is 1.96 bits per heavy atom. The van der Waals surface area contributed by atoms with Gasteiger partial charge < -0.3 is 16.0 Å². The summed E-state index contributed by atoms with van der Waals surface area (Å²) in [6.45, 7) is 2.85. The highest BCUT2D eigenvalue weighted by Crippen LogP contribution is 2.42. The number of nitrogens with one attached hydrogen (secondary N) is 1. The van der Waals surface area contributed by atoms with E-state index in [1.807, 2.05) is 6.07 Å². The molecule has 0 amide bonds. The summed E-state index contributed by atoms with van der Waals surface area (Å²) in [5.74, 6) is 12.0. The van der Waals surface area contributed by atoms with Crippen LogP contribution >= 0.6 is 0 Å². The van der Waals surface area contributed by atoms with Gasteiger partial charge in [-0.2, -0.15) is 5.10 Å². The molecule has 2 aliphatic rings. The van der Waals surface area contributed by atoms with Crippen LogP contribution in [-0.4, -0.2) is 17.4 Å². The van der Waals surface area contributed by atoms with E-state index in [1.165, 1.54) is 11.3 Å². The zero-order chi connectivity index (χ0) is 18.9. The Labute approximate surface area is 160 Å². The van der Waals surface area contributed by atoms with Gasteiger partial charge in [0.1, 0.15) is 5.60 Å². The minimum Gasteiger partial charge on any atom is -0.369 e. The van der Waals surface area contributed by atoms with E-state index in [9.17, 15) is 0 Å². The number of nitrogens with zero attached hydrogens (tertiary/aromatic N) is 2. The minimum atomic E-state index is -0.460. The summed E-state index contributed by atoms with van der Waals surface area (Å²) in [4.78, 5) is 5.11. The van der Waals surface area contributed by atoms with Gasteiger partial charge in [-0.15, -0.1) is 0 Å². The first-order chi connectivity index (χ1) is 13.2. The lowest BCUT2D eigenvalue weighted by Gasteiger charge is -2.31. The normalized spacial score (nSPS) is 22.5. The smallest absolute Gasteiger partial charge is 0.169 e. The van der Waals surface area contributed by atoms with Crippen molar-refractivity contribution in [1.82, 2.24) is 10.4 Å². The average molecular weight is 365 g/mol. The number of benzene rings is 1. The molecule has 0 spiro atoms. The first kappa shape index (κ1) is 17.9. The molecule has 2 heterocycles. The van der Waals surface area contributed by atoms with Crippen molar-refractivity contribution in [1.29, 1.82) is 0 Å².